The fourth-order valence-electron chi connectivity index (χ4n) is 1.45. The van der Waals surface area contributed by atoms with Crippen LogP contribution in [0, 0.1) is 17.0 Å². The number of aliphatic carboxylic acids is 1. The topological polar surface area (TPSA) is 37.3 Å². The lowest BCUT2D eigenvalue weighted by Gasteiger charge is -2.22. The largest absolute Gasteiger partial charge is 0.481 e. The number of hydrogen-bond donors (Lipinski definition) is 1. The second-order valence-electron chi connectivity index (χ2n) is 4.14. The molecule has 0 aliphatic rings. The van der Waals surface area contributed by atoms with Gasteiger partial charge in [-0.05, 0) is 37.5 Å². The molecule has 0 saturated heterocycles. The summed E-state index contributed by atoms with van der Waals surface area (Å²) in [5.74, 6) is -2.79. The van der Waals surface area contributed by atoms with E-state index in [-0.39, 0.29) is 6.42 Å². The van der Waals surface area contributed by atoms with E-state index in [1.165, 1.54) is 6.07 Å². The van der Waals surface area contributed by atoms with E-state index >= 15 is 0 Å². The van der Waals surface area contributed by atoms with Gasteiger partial charge in [0, 0.05) is 0 Å². The quantitative estimate of drug-likeness (QED) is 0.860. The first-order chi connectivity index (χ1) is 7.39. The van der Waals surface area contributed by atoms with Gasteiger partial charge < -0.3 is 5.11 Å². The van der Waals surface area contributed by atoms with Crippen LogP contribution in [0.4, 0.5) is 8.78 Å². The van der Waals surface area contributed by atoms with Crippen molar-refractivity contribution in [1.29, 1.82) is 0 Å². The molecule has 0 spiro atoms. The number of carbonyl (C=O) groups is 1. The molecule has 1 rings (SSSR count). The summed E-state index contributed by atoms with van der Waals surface area (Å²) in [6.45, 7) is 3.35. The van der Waals surface area contributed by atoms with Gasteiger partial charge in [0.25, 0.3) is 0 Å². The molecule has 16 heavy (non-hydrogen) atoms. The van der Waals surface area contributed by atoms with Gasteiger partial charge in [-0.1, -0.05) is 13.0 Å². The SMILES string of the molecule is CCC(C)(Cc1ccc(F)c(F)c1)C(=O)O. The van der Waals surface area contributed by atoms with E-state index in [1.54, 1.807) is 13.8 Å². The van der Waals surface area contributed by atoms with Crippen molar-refractivity contribution in [3.05, 3.63) is 35.4 Å². The molecule has 4 heteroatoms. The predicted octanol–water partition coefficient (Wildman–Crippen LogP) is 3.01. The lowest BCUT2D eigenvalue weighted by atomic mass is 9.81. The molecule has 0 aliphatic carbocycles. The molecule has 1 aromatic carbocycles. The second-order valence-corrected chi connectivity index (χ2v) is 4.14. The van der Waals surface area contributed by atoms with Gasteiger partial charge >= 0.3 is 5.97 Å². The van der Waals surface area contributed by atoms with Crippen molar-refractivity contribution >= 4 is 5.97 Å². The Balaban J connectivity index is 2.95. The van der Waals surface area contributed by atoms with Gasteiger partial charge in [0.2, 0.25) is 0 Å². The van der Waals surface area contributed by atoms with E-state index in [2.05, 4.69) is 0 Å². The molecular formula is C12H14F2O2. The van der Waals surface area contributed by atoms with Gasteiger partial charge in [-0.3, -0.25) is 4.79 Å². The molecule has 0 bridgehead atoms. The highest BCUT2D eigenvalue weighted by atomic mass is 19.2. The standard InChI is InChI=1S/C12H14F2O2/c1-3-12(2,11(15)16)7-8-4-5-9(13)10(14)6-8/h4-6H,3,7H2,1-2H3,(H,15,16). The Morgan fingerprint density at radius 3 is 2.44 bits per heavy atom. The van der Waals surface area contributed by atoms with Crippen molar-refractivity contribution in [1.82, 2.24) is 0 Å². The Morgan fingerprint density at radius 2 is 2.00 bits per heavy atom. The van der Waals surface area contributed by atoms with Crippen LogP contribution in [-0.2, 0) is 11.2 Å². The molecule has 0 heterocycles. The molecule has 1 aromatic rings. The highest BCUT2D eigenvalue weighted by molar-refractivity contribution is 5.74. The molecular weight excluding hydrogens is 214 g/mol. The first-order valence-corrected chi connectivity index (χ1v) is 5.06. The van der Waals surface area contributed by atoms with Gasteiger partial charge in [-0.2, -0.15) is 0 Å². The molecule has 1 N–H and O–H groups in total. The first-order valence-electron chi connectivity index (χ1n) is 5.06. The molecule has 1 unspecified atom stereocenters. The van der Waals surface area contributed by atoms with Crippen LogP contribution in [0.2, 0.25) is 0 Å². The van der Waals surface area contributed by atoms with Crippen LogP contribution in [0.1, 0.15) is 25.8 Å². The summed E-state index contributed by atoms with van der Waals surface area (Å²) in [7, 11) is 0. The summed E-state index contributed by atoms with van der Waals surface area (Å²) in [6.07, 6.45) is 0.622. The number of benzene rings is 1. The van der Waals surface area contributed by atoms with Crippen LogP contribution in [0.25, 0.3) is 0 Å². The Bertz CT molecular complexity index is 404. The third kappa shape index (κ3) is 2.56. The summed E-state index contributed by atoms with van der Waals surface area (Å²) in [4.78, 5) is 11.0. The summed E-state index contributed by atoms with van der Waals surface area (Å²) in [5.41, 5.74) is -0.449. The number of hydrogen-bond acceptors (Lipinski definition) is 1. The molecule has 0 aromatic heterocycles. The molecule has 0 fully saturated rings. The molecule has 1 atom stereocenters. The monoisotopic (exact) mass is 228 g/mol. The minimum absolute atomic E-state index is 0.191. The number of carboxylic acids is 1. The Labute approximate surface area is 92.9 Å². The summed E-state index contributed by atoms with van der Waals surface area (Å²) >= 11 is 0. The lowest BCUT2D eigenvalue weighted by molar-refractivity contribution is -0.148. The molecule has 88 valence electrons. The molecule has 2 nitrogen and oxygen atoms in total. The van der Waals surface area contributed by atoms with Crippen LogP contribution in [0.15, 0.2) is 18.2 Å². The number of halogens is 2. The van der Waals surface area contributed by atoms with Crippen LogP contribution >= 0.6 is 0 Å². The van der Waals surface area contributed by atoms with Gasteiger partial charge in [-0.25, -0.2) is 8.78 Å². The Kier molecular flexibility index (Phi) is 3.62. The van der Waals surface area contributed by atoms with Crippen molar-refractivity contribution < 1.29 is 18.7 Å². The van der Waals surface area contributed by atoms with E-state index in [0.717, 1.165) is 12.1 Å². The molecule has 0 radical (unpaired) electrons. The van der Waals surface area contributed by atoms with E-state index in [4.69, 9.17) is 5.11 Å². The zero-order valence-electron chi connectivity index (χ0n) is 9.26. The van der Waals surface area contributed by atoms with Crippen LogP contribution in [-0.4, -0.2) is 11.1 Å². The summed E-state index contributed by atoms with van der Waals surface area (Å²) < 4.78 is 25.6. The predicted molar refractivity (Wildman–Crippen MR) is 56.1 cm³/mol. The number of rotatable bonds is 4. The first kappa shape index (κ1) is 12.6. The smallest absolute Gasteiger partial charge is 0.309 e. The second kappa shape index (κ2) is 4.60. The fourth-order valence-corrected chi connectivity index (χ4v) is 1.45. The van der Waals surface area contributed by atoms with Crippen LogP contribution in [0.5, 0.6) is 0 Å². The van der Waals surface area contributed by atoms with Gasteiger partial charge in [0.1, 0.15) is 0 Å². The fraction of sp³-hybridized carbons (Fsp3) is 0.417. The minimum atomic E-state index is -0.943. The van der Waals surface area contributed by atoms with Crippen molar-refractivity contribution in [2.45, 2.75) is 26.7 Å². The van der Waals surface area contributed by atoms with E-state index in [0.29, 0.717) is 12.0 Å². The Hall–Kier alpha value is -1.45. The highest BCUT2D eigenvalue weighted by Crippen LogP contribution is 2.27. The van der Waals surface area contributed by atoms with Crippen LogP contribution in [0.3, 0.4) is 0 Å². The zero-order valence-corrected chi connectivity index (χ0v) is 9.26. The maximum absolute atomic E-state index is 12.9. The summed E-state index contributed by atoms with van der Waals surface area (Å²) in [6, 6.07) is 3.48. The Morgan fingerprint density at radius 1 is 1.38 bits per heavy atom. The van der Waals surface area contributed by atoms with E-state index in [1.807, 2.05) is 0 Å². The number of carboxylic acid groups (broad SMARTS) is 1. The normalized spacial score (nSPS) is 14.5. The molecule has 0 amide bonds. The van der Waals surface area contributed by atoms with E-state index < -0.39 is 23.0 Å². The third-order valence-corrected chi connectivity index (χ3v) is 2.87. The van der Waals surface area contributed by atoms with Gasteiger partial charge in [-0.15, -0.1) is 0 Å². The maximum Gasteiger partial charge on any atom is 0.309 e. The van der Waals surface area contributed by atoms with Crippen LogP contribution < -0.4 is 0 Å². The molecule has 0 saturated carbocycles. The molecule has 0 aliphatic heterocycles. The van der Waals surface area contributed by atoms with Gasteiger partial charge in [0.15, 0.2) is 11.6 Å². The average Bonchev–Trinajstić information content (AvgIpc) is 2.23. The van der Waals surface area contributed by atoms with Gasteiger partial charge in [0.05, 0.1) is 5.41 Å². The third-order valence-electron chi connectivity index (χ3n) is 2.87. The van der Waals surface area contributed by atoms with Crippen molar-refractivity contribution in [3.8, 4) is 0 Å². The van der Waals surface area contributed by atoms with Crippen molar-refractivity contribution in [2.24, 2.45) is 5.41 Å². The zero-order chi connectivity index (χ0) is 12.3. The highest BCUT2D eigenvalue weighted by Gasteiger charge is 2.31. The maximum atomic E-state index is 12.9. The van der Waals surface area contributed by atoms with Crippen molar-refractivity contribution in [2.75, 3.05) is 0 Å². The average molecular weight is 228 g/mol. The van der Waals surface area contributed by atoms with E-state index in [9.17, 15) is 13.6 Å². The minimum Gasteiger partial charge on any atom is -0.481 e. The lowest BCUT2D eigenvalue weighted by Crippen LogP contribution is -2.29. The van der Waals surface area contributed by atoms with Crippen molar-refractivity contribution in [3.63, 3.8) is 0 Å². The summed E-state index contributed by atoms with van der Waals surface area (Å²) in [5, 5.41) is 9.05.